The van der Waals surface area contributed by atoms with E-state index in [1.807, 2.05) is 0 Å². The minimum atomic E-state index is 1.08. The van der Waals surface area contributed by atoms with E-state index in [9.17, 15) is 0 Å². The third kappa shape index (κ3) is 4.26. The fraction of sp³-hybridized carbons (Fsp3) is 0.952. The minimum absolute atomic E-state index is 1.08. The fourth-order valence-corrected chi connectivity index (χ4v) is 5.87. The van der Waals surface area contributed by atoms with E-state index >= 15 is 0 Å². The van der Waals surface area contributed by atoms with Crippen molar-refractivity contribution < 1.29 is 0 Å². The average Bonchev–Trinajstić information content (AvgIpc) is 2.57. The molecule has 0 aromatic carbocycles. The SMILES string of the molecule is CCC[C@H]1CC[C@H]([C@H]2CC[C@H](C3CC[CH]CC3)CC2)CC1. The van der Waals surface area contributed by atoms with E-state index in [0.29, 0.717) is 0 Å². The molecule has 0 bridgehead atoms. The Bertz CT molecular complexity index is 272. The molecule has 0 amide bonds. The molecular weight excluding hydrogens is 252 g/mol. The summed E-state index contributed by atoms with van der Waals surface area (Å²) in [5, 5.41) is 0. The summed E-state index contributed by atoms with van der Waals surface area (Å²) in [5.41, 5.74) is 0. The lowest BCUT2D eigenvalue weighted by atomic mass is 9.65. The summed E-state index contributed by atoms with van der Waals surface area (Å²) in [5.74, 6) is 5.50. The lowest BCUT2D eigenvalue weighted by Gasteiger charge is -2.40. The van der Waals surface area contributed by atoms with Gasteiger partial charge < -0.3 is 0 Å². The van der Waals surface area contributed by atoms with E-state index in [-0.39, 0.29) is 0 Å². The van der Waals surface area contributed by atoms with E-state index in [0.717, 1.165) is 29.6 Å². The lowest BCUT2D eigenvalue weighted by molar-refractivity contribution is 0.115. The van der Waals surface area contributed by atoms with E-state index in [1.54, 1.807) is 51.4 Å². The second-order valence-corrected chi connectivity index (χ2v) is 8.45. The van der Waals surface area contributed by atoms with E-state index < -0.39 is 0 Å². The Hall–Kier alpha value is 0. The summed E-state index contributed by atoms with van der Waals surface area (Å²) < 4.78 is 0. The summed E-state index contributed by atoms with van der Waals surface area (Å²) in [6.45, 7) is 2.36. The molecule has 0 heterocycles. The predicted molar refractivity (Wildman–Crippen MR) is 92.1 cm³/mol. The third-order valence-electron chi connectivity index (χ3n) is 7.22. The molecule has 3 saturated carbocycles. The molecule has 121 valence electrons. The maximum atomic E-state index is 2.52. The largest absolute Gasteiger partial charge is 0.0654 e. The molecule has 3 rings (SSSR count). The topological polar surface area (TPSA) is 0 Å². The van der Waals surface area contributed by atoms with Gasteiger partial charge in [0, 0.05) is 0 Å². The van der Waals surface area contributed by atoms with Gasteiger partial charge in [0.1, 0.15) is 0 Å². The molecule has 0 aromatic heterocycles. The second-order valence-electron chi connectivity index (χ2n) is 8.45. The predicted octanol–water partition coefficient (Wildman–Crippen LogP) is 6.79. The van der Waals surface area contributed by atoms with Crippen molar-refractivity contribution in [3.8, 4) is 0 Å². The fourth-order valence-electron chi connectivity index (χ4n) is 5.87. The van der Waals surface area contributed by atoms with Crippen LogP contribution in [0.3, 0.4) is 0 Å². The van der Waals surface area contributed by atoms with Crippen molar-refractivity contribution in [2.75, 3.05) is 0 Å². The average molecular weight is 290 g/mol. The van der Waals surface area contributed by atoms with Crippen molar-refractivity contribution in [3.63, 3.8) is 0 Å². The number of rotatable bonds is 4. The monoisotopic (exact) mass is 289 g/mol. The highest BCUT2D eigenvalue weighted by Gasteiger charge is 2.33. The normalized spacial score (nSPS) is 39.3. The molecule has 21 heavy (non-hydrogen) atoms. The van der Waals surface area contributed by atoms with Gasteiger partial charge in [-0.15, -0.1) is 0 Å². The molecular formula is C21H37. The van der Waals surface area contributed by atoms with Crippen LogP contribution in [0.15, 0.2) is 0 Å². The van der Waals surface area contributed by atoms with Crippen LogP contribution in [-0.4, -0.2) is 0 Å². The smallest absolute Gasteiger partial charge is 0.0386 e. The third-order valence-corrected chi connectivity index (χ3v) is 7.22. The Morgan fingerprint density at radius 3 is 1.52 bits per heavy atom. The minimum Gasteiger partial charge on any atom is -0.0654 e. The first kappa shape index (κ1) is 15.9. The van der Waals surface area contributed by atoms with Crippen molar-refractivity contribution in [2.45, 2.75) is 96.8 Å². The first-order valence-electron chi connectivity index (χ1n) is 10.2. The van der Waals surface area contributed by atoms with Gasteiger partial charge in [0.05, 0.1) is 0 Å². The number of hydrogen-bond acceptors (Lipinski definition) is 0. The first-order chi connectivity index (χ1) is 10.4. The quantitative estimate of drug-likeness (QED) is 0.534. The van der Waals surface area contributed by atoms with Crippen LogP contribution in [-0.2, 0) is 0 Å². The van der Waals surface area contributed by atoms with Crippen LogP contribution >= 0.6 is 0 Å². The molecule has 3 aliphatic rings. The zero-order valence-electron chi connectivity index (χ0n) is 14.4. The molecule has 0 heteroatoms. The Labute approximate surface area is 133 Å². The molecule has 3 fully saturated rings. The van der Waals surface area contributed by atoms with Crippen LogP contribution in [0.1, 0.15) is 96.8 Å². The van der Waals surface area contributed by atoms with Gasteiger partial charge in [-0.2, -0.15) is 0 Å². The number of hydrogen-bond donors (Lipinski definition) is 0. The highest BCUT2D eigenvalue weighted by atomic mass is 14.4. The Balaban J connectivity index is 1.39. The van der Waals surface area contributed by atoms with Crippen molar-refractivity contribution in [1.82, 2.24) is 0 Å². The summed E-state index contributed by atoms with van der Waals surface area (Å²) >= 11 is 0. The molecule has 0 nitrogen and oxygen atoms in total. The standard InChI is InChI=1S/C21H37/c1-2-6-17-9-11-19(12-10-17)21-15-13-20(14-16-21)18-7-4-3-5-8-18/h3,17-21H,2,4-16H2,1H3/t17-,19-,20-,21-. The van der Waals surface area contributed by atoms with Gasteiger partial charge in [0.15, 0.2) is 0 Å². The molecule has 0 unspecified atom stereocenters. The summed E-state index contributed by atoms with van der Waals surface area (Å²) in [7, 11) is 0. The molecule has 0 aromatic rings. The van der Waals surface area contributed by atoms with Crippen LogP contribution < -0.4 is 0 Å². The maximum Gasteiger partial charge on any atom is -0.0386 e. The van der Waals surface area contributed by atoms with Gasteiger partial charge in [-0.25, -0.2) is 0 Å². The van der Waals surface area contributed by atoms with Crippen LogP contribution in [0.4, 0.5) is 0 Å². The van der Waals surface area contributed by atoms with Gasteiger partial charge >= 0.3 is 0 Å². The molecule has 0 N–H and O–H groups in total. The Kier molecular flexibility index (Phi) is 6.07. The lowest BCUT2D eigenvalue weighted by Crippen LogP contribution is -2.29. The molecule has 3 aliphatic carbocycles. The van der Waals surface area contributed by atoms with Gasteiger partial charge in [-0.3, -0.25) is 0 Å². The van der Waals surface area contributed by atoms with Gasteiger partial charge in [-0.05, 0) is 100 Å². The maximum absolute atomic E-state index is 2.52. The molecule has 1 radical (unpaired) electrons. The Morgan fingerprint density at radius 2 is 1.05 bits per heavy atom. The zero-order chi connectivity index (χ0) is 14.5. The van der Waals surface area contributed by atoms with Crippen LogP contribution in [0.25, 0.3) is 0 Å². The van der Waals surface area contributed by atoms with Crippen molar-refractivity contribution in [3.05, 3.63) is 6.42 Å². The van der Waals surface area contributed by atoms with Gasteiger partial charge in [0.25, 0.3) is 0 Å². The summed E-state index contributed by atoms with van der Waals surface area (Å²) in [4.78, 5) is 0. The summed E-state index contributed by atoms with van der Waals surface area (Å²) in [6, 6.07) is 0. The van der Waals surface area contributed by atoms with Crippen LogP contribution in [0.5, 0.6) is 0 Å². The van der Waals surface area contributed by atoms with Crippen LogP contribution in [0, 0.1) is 36.0 Å². The van der Waals surface area contributed by atoms with Crippen LogP contribution in [0.2, 0.25) is 0 Å². The van der Waals surface area contributed by atoms with E-state index in [1.165, 1.54) is 38.5 Å². The molecule has 0 aliphatic heterocycles. The highest BCUT2D eigenvalue weighted by molar-refractivity contribution is 4.86. The Morgan fingerprint density at radius 1 is 0.619 bits per heavy atom. The first-order valence-corrected chi connectivity index (χ1v) is 10.2. The highest BCUT2D eigenvalue weighted by Crippen LogP contribution is 2.45. The van der Waals surface area contributed by atoms with Gasteiger partial charge in [0.2, 0.25) is 0 Å². The van der Waals surface area contributed by atoms with E-state index in [2.05, 4.69) is 13.3 Å². The molecule has 0 saturated heterocycles. The summed E-state index contributed by atoms with van der Waals surface area (Å²) in [6.07, 6.45) is 23.8. The van der Waals surface area contributed by atoms with Crippen molar-refractivity contribution in [2.24, 2.45) is 29.6 Å². The van der Waals surface area contributed by atoms with E-state index in [4.69, 9.17) is 0 Å². The second kappa shape index (κ2) is 8.02. The van der Waals surface area contributed by atoms with Crippen molar-refractivity contribution >= 4 is 0 Å². The molecule has 0 spiro atoms. The van der Waals surface area contributed by atoms with Gasteiger partial charge in [-0.1, -0.05) is 32.6 Å². The van der Waals surface area contributed by atoms with Crippen molar-refractivity contribution in [1.29, 1.82) is 0 Å². The zero-order valence-corrected chi connectivity index (χ0v) is 14.4. The molecule has 0 atom stereocenters.